The molecule has 9 heteroatoms. The predicted octanol–water partition coefficient (Wildman–Crippen LogP) is 3.88. The molecule has 0 amide bonds. The summed E-state index contributed by atoms with van der Waals surface area (Å²) in [6, 6.07) is 8.53. The molecule has 0 aliphatic heterocycles. The van der Waals surface area contributed by atoms with Gasteiger partial charge in [0.25, 0.3) is 0 Å². The lowest BCUT2D eigenvalue weighted by Crippen LogP contribution is -2.65. The topological polar surface area (TPSA) is 136 Å². The first-order chi connectivity index (χ1) is 20.1. The van der Waals surface area contributed by atoms with Crippen molar-refractivity contribution in [3.05, 3.63) is 70.8 Å². The molecular weight excluding hydrogens is 552 g/mol. The summed E-state index contributed by atoms with van der Waals surface area (Å²) in [4.78, 5) is 53.3. The van der Waals surface area contributed by atoms with Crippen molar-refractivity contribution >= 4 is 23.7 Å². The van der Waals surface area contributed by atoms with E-state index < -0.39 is 69.9 Å². The Bertz CT molecular complexity index is 1470. The van der Waals surface area contributed by atoms with Gasteiger partial charge < -0.3 is 24.4 Å². The van der Waals surface area contributed by atoms with E-state index in [1.807, 2.05) is 6.92 Å². The van der Waals surface area contributed by atoms with Crippen molar-refractivity contribution in [1.82, 2.24) is 0 Å². The molecule has 9 atom stereocenters. The van der Waals surface area contributed by atoms with Gasteiger partial charge in [0.1, 0.15) is 18.3 Å². The van der Waals surface area contributed by atoms with Gasteiger partial charge in [-0.1, -0.05) is 50.3 Å². The number of rotatable bonds is 6. The van der Waals surface area contributed by atoms with Crippen molar-refractivity contribution in [2.24, 2.45) is 28.6 Å². The quantitative estimate of drug-likeness (QED) is 0.218. The molecule has 1 aromatic rings. The van der Waals surface area contributed by atoms with E-state index in [-0.39, 0.29) is 18.8 Å². The Kier molecular flexibility index (Phi) is 7.37. The number of carbonyl (C=O) groups is 4. The first kappa shape index (κ1) is 30.9. The summed E-state index contributed by atoms with van der Waals surface area (Å²) in [5.41, 5.74) is -4.53. The monoisotopic (exact) mass is 592 g/mol. The van der Waals surface area contributed by atoms with E-state index in [1.54, 1.807) is 83.2 Å². The van der Waals surface area contributed by atoms with Crippen LogP contribution in [0.1, 0.15) is 65.2 Å². The molecule has 4 aliphatic carbocycles. The van der Waals surface area contributed by atoms with Crippen LogP contribution in [0.15, 0.2) is 65.3 Å². The van der Waals surface area contributed by atoms with E-state index in [9.17, 15) is 29.4 Å². The second-order valence-electron chi connectivity index (χ2n) is 13.0. The number of allylic oxidation sites excluding steroid dienone is 2. The average molecular weight is 593 g/mol. The minimum atomic E-state index is -2.21. The normalized spacial score (nSPS) is 39.7. The van der Waals surface area contributed by atoms with Crippen molar-refractivity contribution in [2.45, 2.75) is 78.3 Å². The van der Waals surface area contributed by atoms with E-state index in [1.165, 1.54) is 6.92 Å². The molecule has 2 bridgehead atoms. The van der Waals surface area contributed by atoms with Crippen molar-refractivity contribution in [1.29, 1.82) is 0 Å². The van der Waals surface area contributed by atoms with Crippen LogP contribution in [0, 0.1) is 28.6 Å². The molecule has 0 radical (unpaired) electrons. The summed E-state index contributed by atoms with van der Waals surface area (Å²) in [5.74, 6) is -4.30. The summed E-state index contributed by atoms with van der Waals surface area (Å²) < 4.78 is 17.7. The summed E-state index contributed by atoms with van der Waals surface area (Å²) >= 11 is 0. The van der Waals surface area contributed by atoms with Gasteiger partial charge in [0.15, 0.2) is 17.5 Å². The second-order valence-corrected chi connectivity index (χ2v) is 13.0. The highest BCUT2D eigenvalue weighted by atomic mass is 16.6. The fraction of sp³-hybridized carbons (Fsp3) is 0.529. The summed E-state index contributed by atoms with van der Waals surface area (Å²) in [6.07, 6.45) is 2.17. The zero-order valence-corrected chi connectivity index (χ0v) is 25.7. The van der Waals surface area contributed by atoms with Crippen molar-refractivity contribution in [3.8, 4) is 0 Å². The van der Waals surface area contributed by atoms with Crippen LogP contribution in [0.5, 0.6) is 0 Å². The van der Waals surface area contributed by atoms with Gasteiger partial charge in [-0.05, 0) is 63.3 Å². The number of ether oxygens (including phenoxy) is 3. The molecule has 2 fully saturated rings. The molecule has 0 saturated heterocycles. The third-order valence-electron chi connectivity index (χ3n) is 10.6. The number of esters is 3. The van der Waals surface area contributed by atoms with Crippen LogP contribution in [-0.4, -0.2) is 63.9 Å². The van der Waals surface area contributed by atoms with Crippen LogP contribution in [0.4, 0.5) is 0 Å². The molecular formula is C34H40O9. The number of Topliss-reactive ketones (excluding diaryl/α,β-unsaturated/α-hetero) is 1. The van der Waals surface area contributed by atoms with Gasteiger partial charge in [-0.2, -0.15) is 0 Å². The molecule has 1 spiro atoms. The van der Waals surface area contributed by atoms with Gasteiger partial charge in [-0.25, -0.2) is 9.59 Å². The third kappa shape index (κ3) is 4.11. The summed E-state index contributed by atoms with van der Waals surface area (Å²) in [5, 5.41) is 24.3. The molecule has 9 nitrogen and oxygen atoms in total. The Morgan fingerprint density at radius 1 is 1.09 bits per heavy atom. The molecule has 0 heterocycles. The minimum absolute atomic E-state index is 0.111. The largest absolute Gasteiger partial charge is 0.461 e. The smallest absolute Gasteiger partial charge is 0.338 e. The highest BCUT2D eigenvalue weighted by Crippen LogP contribution is 2.75. The maximum Gasteiger partial charge on any atom is 0.338 e. The Morgan fingerprint density at radius 3 is 2.35 bits per heavy atom. The van der Waals surface area contributed by atoms with Crippen LogP contribution in [0.3, 0.4) is 0 Å². The average Bonchev–Trinajstić information content (AvgIpc) is 3.40. The highest BCUT2D eigenvalue weighted by Gasteiger charge is 2.85. The van der Waals surface area contributed by atoms with Gasteiger partial charge in [-0.15, -0.1) is 0 Å². The van der Waals surface area contributed by atoms with Gasteiger partial charge in [0.05, 0.1) is 11.0 Å². The predicted molar refractivity (Wildman–Crippen MR) is 155 cm³/mol. The van der Waals surface area contributed by atoms with Gasteiger partial charge >= 0.3 is 17.9 Å². The summed E-state index contributed by atoms with van der Waals surface area (Å²) in [6.45, 7) is 11.4. The van der Waals surface area contributed by atoms with Crippen LogP contribution in [0.25, 0.3) is 0 Å². The number of ketones is 1. The molecule has 2 saturated carbocycles. The molecule has 230 valence electrons. The molecule has 2 N–H and O–H groups in total. The number of aliphatic hydroxyl groups is 2. The Balaban J connectivity index is 1.60. The Hall–Kier alpha value is -3.56. The number of fused-ring (bicyclic) bond motifs is 3. The molecule has 4 aliphatic rings. The Labute approximate surface area is 251 Å². The highest BCUT2D eigenvalue weighted by molar-refractivity contribution is 5.96. The first-order valence-electron chi connectivity index (χ1n) is 14.7. The lowest BCUT2D eigenvalue weighted by atomic mass is 9.59. The maximum atomic E-state index is 14.9. The molecule has 5 rings (SSSR count). The number of benzene rings is 1. The molecule has 0 unspecified atom stereocenters. The summed E-state index contributed by atoms with van der Waals surface area (Å²) in [7, 11) is 0. The van der Waals surface area contributed by atoms with E-state index in [0.29, 0.717) is 22.3 Å². The third-order valence-corrected chi connectivity index (χ3v) is 10.6. The Morgan fingerprint density at radius 2 is 1.74 bits per heavy atom. The number of hydrogen-bond acceptors (Lipinski definition) is 9. The zero-order valence-electron chi connectivity index (χ0n) is 25.7. The second kappa shape index (κ2) is 10.3. The fourth-order valence-electron chi connectivity index (χ4n) is 8.34. The molecule has 1 aromatic carbocycles. The zero-order chi connectivity index (χ0) is 31.7. The number of carbonyl (C=O) groups excluding carboxylic acids is 4. The van der Waals surface area contributed by atoms with Gasteiger partial charge in [0.2, 0.25) is 0 Å². The fourth-order valence-corrected chi connectivity index (χ4v) is 8.34. The van der Waals surface area contributed by atoms with Crippen molar-refractivity contribution in [3.63, 3.8) is 0 Å². The van der Waals surface area contributed by atoms with E-state index >= 15 is 0 Å². The number of hydrogen-bond donors (Lipinski definition) is 2. The SMILES string of the molecule is CC=C(C)C(=O)O[C@H]1C(C)=C[C@]23C(=O)[C@@H](C=C(C)[C@@H](O)[C@]12O)[C@@H]1[C@](C)(COC(=O)c2ccccc2)[C@]1(OC(C)=O)C[C@H]3C. The van der Waals surface area contributed by atoms with Crippen molar-refractivity contribution < 1.29 is 43.6 Å². The van der Waals surface area contributed by atoms with Gasteiger partial charge in [0, 0.05) is 29.7 Å². The standard InChI is InChI=1S/C34H40O9/c1-8-18(2)29(38)42-28-20(4)15-32-21(5)16-33(43-22(6)35)25(24(27(32)37)14-19(3)26(36)34(28,32)40)31(33,7)17-41-30(39)23-12-10-9-11-13-23/h8-15,21,24-26,28,36,40H,16-17H2,1-7H3/t21-,24+,25-,26-,28+,31+,32+,33+,34+/m1/s1. The number of aliphatic hydroxyl groups excluding tert-OH is 1. The van der Waals surface area contributed by atoms with Crippen LogP contribution in [-0.2, 0) is 28.6 Å². The molecule has 43 heavy (non-hydrogen) atoms. The van der Waals surface area contributed by atoms with Crippen molar-refractivity contribution in [2.75, 3.05) is 6.61 Å². The van der Waals surface area contributed by atoms with E-state index in [2.05, 4.69) is 0 Å². The van der Waals surface area contributed by atoms with Crippen LogP contribution in [0.2, 0.25) is 0 Å². The first-order valence-corrected chi connectivity index (χ1v) is 14.7. The molecule has 0 aromatic heterocycles. The van der Waals surface area contributed by atoms with Gasteiger partial charge in [-0.3, -0.25) is 9.59 Å². The van der Waals surface area contributed by atoms with Crippen LogP contribution >= 0.6 is 0 Å². The van der Waals surface area contributed by atoms with Crippen LogP contribution < -0.4 is 0 Å². The van der Waals surface area contributed by atoms with E-state index in [4.69, 9.17) is 14.2 Å². The lowest BCUT2D eigenvalue weighted by molar-refractivity contribution is -0.202. The minimum Gasteiger partial charge on any atom is -0.461 e. The maximum absolute atomic E-state index is 14.9. The lowest BCUT2D eigenvalue weighted by Gasteiger charge is -2.49. The van der Waals surface area contributed by atoms with E-state index in [0.717, 1.165) is 0 Å².